The zero-order valence-corrected chi connectivity index (χ0v) is 11.4. The second-order valence-electron chi connectivity index (χ2n) is 4.41. The van der Waals surface area contributed by atoms with Crippen LogP contribution in [-0.2, 0) is 0 Å². The number of nitrogens with zero attached hydrogens (tertiary/aromatic N) is 1. The van der Waals surface area contributed by atoms with Gasteiger partial charge in [-0.05, 0) is 19.1 Å². The number of anilines is 1. The van der Waals surface area contributed by atoms with Crippen LogP contribution < -0.4 is 10.1 Å². The highest BCUT2D eigenvalue weighted by atomic mass is 16.6. The number of rotatable bonds is 5. The van der Waals surface area contributed by atoms with Gasteiger partial charge in [0.25, 0.3) is 5.69 Å². The fraction of sp³-hybridized carbons (Fsp3) is 0.200. The van der Waals surface area contributed by atoms with E-state index in [0.717, 1.165) is 11.4 Å². The van der Waals surface area contributed by atoms with Crippen LogP contribution in [0.2, 0.25) is 0 Å². The third-order valence-electron chi connectivity index (χ3n) is 3.05. The molecule has 0 heterocycles. The summed E-state index contributed by atoms with van der Waals surface area (Å²) in [6.45, 7) is 1.89. The Bertz CT molecular complexity index is 614. The normalized spacial score (nSPS) is 11.7. The molecule has 0 radical (unpaired) electrons. The number of nitro benzene ring substituents is 1. The lowest BCUT2D eigenvalue weighted by molar-refractivity contribution is -0.385. The van der Waals surface area contributed by atoms with Crippen molar-refractivity contribution in [2.75, 3.05) is 12.4 Å². The minimum atomic E-state index is -0.362. The number of ether oxygens (including phenoxy) is 1. The Balaban J connectivity index is 2.23. The maximum Gasteiger partial charge on any atom is 0.274 e. The molecule has 0 fully saturated rings. The monoisotopic (exact) mass is 272 g/mol. The summed E-state index contributed by atoms with van der Waals surface area (Å²) in [5.41, 5.74) is 1.63. The molecule has 0 spiro atoms. The highest BCUT2D eigenvalue weighted by Gasteiger charge is 2.17. The summed E-state index contributed by atoms with van der Waals surface area (Å²) in [4.78, 5) is 10.7. The standard InChI is InChI=1S/C15H16N2O3/c1-11(14-8-3-4-9-15(14)17(18)19)16-12-6-5-7-13(10-12)20-2/h3-11,16H,1-2H3. The van der Waals surface area contributed by atoms with Gasteiger partial charge in [-0.1, -0.05) is 24.3 Å². The van der Waals surface area contributed by atoms with E-state index in [1.54, 1.807) is 25.3 Å². The van der Waals surface area contributed by atoms with Crippen LogP contribution in [0.1, 0.15) is 18.5 Å². The van der Waals surface area contributed by atoms with Gasteiger partial charge in [0.2, 0.25) is 0 Å². The van der Waals surface area contributed by atoms with Gasteiger partial charge in [-0.25, -0.2) is 0 Å². The van der Waals surface area contributed by atoms with E-state index in [9.17, 15) is 10.1 Å². The highest BCUT2D eigenvalue weighted by molar-refractivity contribution is 5.52. The lowest BCUT2D eigenvalue weighted by atomic mass is 10.1. The van der Waals surface area contributed by atoms with E-state index in [1.165, 1.54) is 6.07 Å². The lowest BCUT2D eigenvalue weighted by Crippen LogP contribution is -2.09. The van der Waals surface area contributed by atoms with Crippen LogP contribution in [0.5, 0.6) is 5.75 Å². The Kier molecular flexibility index (Phi) is 4.20. The van der Waals surface area contributed by atoms with E-state index < -0.39 is 0 Å². The van der Waals surface area contributed by atoms with Crippen molar-refractivity contribution in [1.82, 2.24) is 0 Å². The van der Waals surface area contributed by atoms with Gasteiger partial charge in [-0.3, -0.25) is 10.1 Å². The first-order chi connectivity index (χ1) is 9.61. The van der Waals surface area contributed by atoms with Crippen LogP contribution in [0, 0.1) is 10.1 Å². The minimum absolute atomic E-state index is 0.121. The third-order valence-corrected chi connectivity index (χ3v) is 3.05. The topological polar surface area (TPSA) is 64.4 Å². The Morgan fingerprint density at radius 2 is 1.95 bits per heavy atom. The van der Waals surface area contributed by atoms with Gasteiger partial charge in [0.15, 0.2) is 0 Å². The van der Waals surface area contributed by atoms with Crippen LogP contribution >= 0.6 is 0 Å². The SMILES string of the molecule is COc1cccc(NC(C)c2ccccc2[N+](=O)[O-])c1. The molecule has 5 heteroatoms. The lowest BCUT2D eigenvalue weighted by Gasteiger charge is -2.16. The molecule has 0 aliphatic rings. The van der Waals surface area contributed by atoms with E-state index in [-0.39, 0.29) is 16.7 Å². The Hall–Kier alpha value is -2.56. The number of methoxy groups -OCH3 is 1. The van der Waals surface area contributed by atoms with E-state index in [4.69, 9.17) is 4.74 Å². The second-order valence-corrected chi connectivity index (χ2v) is 4.41. The van der Waals surface area contributed by atoms with Gasteiger partial charge in [0.05, 0.1) is 23.6 Å². The zero-order valence-electron chi connectivity index (χ0n) is 11.4. The summed E-state index contributed by atoms with van der Waals surface area (Å²) in [5, 5.41) is 14.3. The third kappa shape index (κ3) is 3.06. The molecule has 0 saturated heterocycles. The highest BCUT2D eigenvalue weighted by Crippen LogP contribution is 2.28. The summed E-state index contributed by atoms with van der Waals surface area (Å²) in [5.74, 6) is 0.741. The van der Waals surface area contributed by atoms with Gasteiger partial charge in [0, 0.05) is 17.8 Å². The molecule has 5 nitrogen and oxygen atoms in total. The molecular formula is C15H16N2O3. The van der Waals surface area contributed by atoms with Crippen molar-refractivity contribution >= 4 is 11.4 Å². The summed E-state index contributed by atoms with van der Waals surface area (Å²) >= 11 is 0. The van der Waals surface area contributed by atoms with Crippen molar-refractivity contribution < 1.29 is 9.66 Å². The molecule has 2 aromatic carbocycles. The van der Waals surface area contributed by atoms with Gasteiger partial charge in [0.1, 0.15) is 5.75 Å². The molecule has 1 N–H and O–H groups in total. The molecule has 1 atom stereocenters. The number of hydrogen-bond donors (Lipinski definition) is 1. The maximum atomic E-state index is 11.0. The molecule has 0 amide bonds. The molecular weight excluding hydrogens is 256 g/mol. The van der Waals surface area contributed by atoms with Crippen molar-refractivity contribution in [3.8, 4) is 5.75 Å². The number of hydrogen-bond acceptors (Lipinski definition) is 4. The molecule has 0 bridgehead atoms. The smallest absolute Gasteiger partial charge is 0.274 e. The van der Waals surface area contributed by atoms with Crippen LogP contribution in [0.3, 0.4) is 0 Å². The summed E-state index contributed by atoms with van der Waals surface area (Å²) in [6.07, 6.45) is 0. The van der Waals surface area contributed by atoms with E-state index in [1.807, 2.05) is 31.2 Å². The maximum absolute atomic E-state index is 11.0. The van der Waals surface area contributed by atoms with Gasteiger partial charge < -0.3 is 10.1 Å². The number of nitrogens with one attached hydrogen (secondary N) is 1. The van der Waals surface area contributed by atoms with E-state index >= 15 is 0 Å². The summed E-state index contributed by atoms with van der Waals surface area (Å²) in [7, 11) is 1.60. The van der Waals surface area contributed by atoms with Crippen molar-refractivity contribution in [2.45, 2.75) is 13.0 Å². The fourth-order valence-electron chi connectivity index (χ4n) is 2.06. The molecule has 2 aromatic rings. The minimum Gasteiger partial charge on any atom is -0.497 e. The first-order valence-electron chi connectivity index (χ1n) is 6.25. The van der Waals surface area contributed by atoms with Crippen molar-refractivity contribution in [3.05, 3.63) is 64.2 Å². The summed E-state index contributed by atoms with van der Waals surface area (Å²) < 4.78 is 5.16. The van der Waals surface area contributed by atoms with E-state index in [2.05, 4.69) is 5.32 Å². The van der Waals surface area contributed by atoms with Crippen molar-refractivity contribution in [2.24, 2.45) is 0 Å². The molecule has 0 aliphatic heterocycles. The largest absolute Gasteiger partial charge is 0.497 e. The molecule has 1 unspecified atom stereocenters. The Labute approximate surface area is 117 Å². The van der Waals surface area contributed by atoms with Crippen LogP contribution in [0.4, 0.5) is 11.4 Å². The molecule has 0 aromatic heterocycles. The van der Waals surface area contributed by atoms with Crippen molar-refractivity contribution in [3.63, 3.8) is 0 Å². The van der Waals surface area contributed by atoms with Gasteiger partial charge >= 0.3 is 0 Å². The number of benzene rings is 2. The predicted octanol–water partition coefficient (Wildman–Crippen LogP) is 3.78. The fourth-order valence-corrected chi connectivity index (χ4v) is 2.06. The van der Waals surface area contributed by atoms with Gasteiger partial charge in [-0.2, -0.15) is 0 Å². The number of para-hydroxylation sites is 1. The second kappa shape index (κ2) is 6.06. The summed E-state index contributed by atoms with van der Waals surface area (Å²) in [6, 6.07) is 14.0. The average Bonchev–Trinajstić information content (AvgIpc) is 2.47. The number of nitro groups is 1. The van der Waals surface area contributed by atoms with E-state index in [0.29, 0.717) is 5.56 Å². The molecule has 104 valence electrons. The van der Waals surface area contributed by atoms with Crippen molar-refractivity contribution in [1.29, 1.82) is 0 Å². The van der Waals surface area contributed by atoms with Crippen LogP contribution in [0.25, 0.3) is 0 Å². The molecule has 20 heavy (non-hydrogen) atoms. The van der Waals surface area contributed by atoms with Crippen LogP contribution in [0.15, 0.2) is 48.5 Å². The average molecular weight is 272 g/mol. The predicted molar refractivity (Wildman–Crippen MR) is 78.1 cm³/mol. The molecule has 0 aliphatic carbocycles. The molecule has 0 saturated carbocycles. The molecule has 2 rings (SSSR count). The Morgan fingerprint density at radius 3 is 2.65 bits per heavy atom. The Morgan fingerprint density at radius 1 is 1.20 bits per heavy atom. The van der Waals surface area contributed by atoms with Gasteiger partial charge in [-0.15, -0.1) is 0 Å². The quantitative estimate of drug-likeness (QED) is 0.664. The zero-order chi connectivity index (χ0) is 14.5. The first kappa shape index (κ1) is 13.9. The van der Waals surface area contributed by atoms with Crippen LogP contribution in [-0.4, -0.2) is 12.0 Å². The first-order valence-corrected chi connectivity index (χ1v) is 6.25.